The van der Waals surface area contributed by atoms with Crippen molar-refractivity contribution >= 4 is 29.5 Å². The molecule has 1 atom stereocenters. The van der Waals surface area contributed by atoms with Gasteiger partial charge in [0.15, 0.2) is 0 Å². The van der Waals surface area contributed by atoms with E-state index in [9.17, 15) is 9.59 Å². The number of carbonyl (C=O) groups excluding carboxylic acids is 2. The summed E-state index contributed by atoms with van der Waals surface area (Å²) in [6.45, 7) is 4.89. The Morgan fingerprint density at radius 3 is 2.60 bits per heavy atom. The molecular weight excluding hydrogens is 278 g/mol. The van der Waals surface area contributed by atoms with Crippen molar-refractivity contribution in [3.8, 4) is 0 Å². The maximum Gasteiger partial charge on any atom is 0.412 e. The molecular formula is C14H17NO4S. The van der Waals surface area contributed by atoms with E-state index < -0.39 is 18.2 Å². The van der Waals surface area contributed by atoms with Crippen LogP contribution in [-0.4, -0.2) is 31.0 Å². The normalized spacial score (nSPS) is 11.3. The maximum absolute atomic E-state index is 11.6. The Bertz CT molecular complexity index is 473. The molecule has 0 fully saturated rings. The minimum atomic E-state index is -0.593. The largest absolute Gasteiger partial charge is 0.459 e. The van der Waals surface area contributed by atoms with Crippen molar-refractivity contribution in [3.63, 3.8) is 0 Å². The molecule has 0 aliphatic heterocycles. The zero-order chi connectivity index (χ0) is 15.0. The number of benzene rings is 1. The highest BCUT2D eigenvalue weighted by molar-refractivity contribution is 7.98. The van der Waals surface area contributed by atoms with Crippen LogP contribution in [0.1, 0.15) is 6.92 Å². The van der Waals surface area contributed by atoms with E-state index in [1.54, 1.807) is 30.8 Å². The first-order valence-electron chi connectivity index (χ1n) is 5.96. The molecule has 0 saturated heterocycles. The molecule has 0 bridgehead atoms. The van der Waals surface area contributed by atoms with Gasteiger partial charge in [-0.1, -0.05) is 6.58 Å². The van der Waals surface area contributed by atoms with E-state index in [0.29, 0.717) is 5.69 Å². The van der Waals surface area contributed by atoms with Crippen molar-refractivity contribution in [2.24, 2.45) is 0 Å². The number of ether oxygens (including phenoxy) is 2. The fraction of sp³-hybridized carbons (Fsp3) is 0.286. The third kappa shape index (κ3) is 5.79. The van der Waals surface area contributed by atoms with E-state index in [1.807, 2.05) is 18.4 Å². The van der Waals surface area contributed by atoms with Crippen LogP contribution < -0.4 is 5.32 Å². The van der Waals surface area contributed by atoms with Crippen LogP contribution in [0.3, 0.4) is 0 Å². The summed E-state index contributed by atoms with van der Waals surface area (Å²) in [5.74, 6) is -0.548. The van der Waals surface area contributed by atoms with Crippen LogP contribution in [0.2, 0.25) is 0 Å². The molecule has 0 aliphatic carbocycles. The summed E-state index contributed by atoms with van der Waals surface area (Å²) in [6, 6.07) is 7.37. The molecule has 1 N–H and O–H groups in total. The van der Waals surface area contributed by atoms with Crippen LogP contribution in [0.4, 0.5) is 10.5 Å². The molecule has 0 aromatic heterocycles. The van der Waals surface area contributed by atoms with Crippen LogP contribution in [0.25, 0.3) is 0 Å². The molecule has 20 heavy (non-hydrogen) atoms. The Kier molecular flexibility index (Phi) is 6.66. The lowest BCUT2D eigenvalue weighted by Crippen LogP contribution is -2.24. The minimum absolute atomic E-state index is 0.0102. The van der Waals surface area contributed by atoms with Gasteiger partial charge in [0.05, 0.1) is 0 Å². The van der Waals surface area contributed by atoms with Crippen LogP contribution >= 0.6 is 11.8 Å². The lowest BCUT2D eigenvalue weighted by Gasteiger charge is -2.13. The van der Waals surface area contributed by atoms with Gasteiger partial charge in [-0.2, -0.15) is 0 Å². The van der Waals surface area contributed by atoms with E-state index in [4.69, 9.17) is 9.47 Å². The van der Waals surface area contributed by atoms with Gasteiger partial charge in [0.2, 0.25) is 0 Å². The van der Waals surface area contributed by atoms with Crippen molar-refractivity contribution in [2.75, 3.05) is 18.2 Å². The molecule has 0 heterocycles. The molecule has 5 nitrogen and oxygen atoms in total. The van der Waals surface area contributed by atoms with Gasteiger partial charge in [0.1, 0.15) is 12.7 Å². The predicted molar refractivity (Wildman–Crippen MR) is 78.9 cm³/mol. The summed E-state index contributed by atoms with van der Waals surface area (Å²) < 4.78 is 9.81. The molecule has 1 aromatic carbocycles. The second-order valence-corrected chi connectivity index (χ2v) is 4.78. The fourth-order valence-electron chi connectivity index (χ4n) is 1.30. The lowest BCUT2D eigenvalue weighted by atomic mass is 10.3. The number of rotatable bonds is 6. The second kappa shape index (κ2) is 8.27. The Labute approximate surface area is 122 Å². The Balaban J connectivity index is 2.38. The number of hydrogen-bond acceptors (Lipinski definition) is 5. The number of esters is 1. The van der Waals surface area contributed by atoms with Crippen LogP contribution in [0.15, 0.2) is 41.8 Å². The van der Waals surface area contributed by atoms with Crippen molar-refractivity contribution in [2.45, 2.75) is 17.9 Å². The summed E-state index contributed by atoms with van der Waals surface area (Å²) >= 11 is 1.62. The highest BCUT2D eigenvalue weighted by Crippen LogP contribution is 2.17. The second-order valence-electron chi connectivity index (χ2n) is 3.90. The van der Waals surface area contributed by atoms with Crippen LogP contribution in [-0.2, 0) is 14.3 Å². The zero-order valence-electron chi connectivity index (χ0n) is 11.4. The first kappa shape index (κ1) is 16.1. The topological polar surface area (TPSA) is 64.6 Å². The molecule has 0 radical (unpaired) electrons. The average Bonchev–Trinajstić information content (AvgIpc) is 2.45. The molecule has 1 unspecified atom stereocenters. The van der Waals surface area contributed by atoms with Gasteiger partial charge in [-0.05, 0) is 37.4 Å². The third-order valence-corrected chi connectivity index (χ3v) is 3.02. The van der Waals surface area contributed by atoms with Crippen molar-refractivity contribution in [1.82, 2.24) is 0 Å². The molecule has 1 rings (SSSR count). The molecule has 1 aromatic rings. The molecule has 0 spiro atoms. The monoisotopic (exact) mass is 295 g/mol. The zero-order valence-corrected chi connectivity index (χ0v) is 12.2. The van der Waals surface area contributed by atoms with Gasteiger partial charge in [-0.3, -0.25) is 5.32 Å². The Hall–Kier alpha value is -1.95. The van der Waals surface area contributed by atoms with E-state index >= 15 is 0 Å². The van der Waals surface area contributed by atoms with E-state index in [2.05, 4.69) is 11.9 Å². The van der Waals surface area contributed by atoms with Gasteiger partial charge < -0.3 is 9.47 Å². The van der Waals surface area contributed by atoms with Gasteiger partial charge in [0, 0.05) is 16.7 Å². The SMILES string of the molecule is C=CC(=O)OCC(C)OC(=O)Nc1ccc(SC)cc1. The number of anilines is 1. The third-order valence-electron chi connectivity index (χ3n) is 2.27. The van der Waals surface area contributed by atoms with Crippen LogP contribution in [0, 0.1) is 0 Å². The van der Waals surface area contributed by atoms with E-state index in [1.165, 1.54) is 0 Å². The van der Waals surface area contributed by atoms with Gasteiger partial charge in [-0.15, -0.1) is 11.8 Å². The molecule has 0 saturated carbocycles. The van der Waals surface area contributed by atoms with Gasteiger partial charge in [-0.25, -0.2) is 9.59 Å². The first-order chi connectivity index (χ1) is 9.55. The maximum atomic E-state index is 11.6. The average molecular weight is 295 g/mol. The van der Waals surface area contributed by atoms with Crippen molar-refractivity contribution in [1.29, 1.82) is 0 Å². The molecule has 108 valence electrons. The van der Waals surface area contributed by atoms with Gasteiger partial charge >= 0.3 is 12.1 Å². The van der Waals surface area contributed by atoms with Crippen LogP contribution in [0.5, 0.6) is 0 Å². The number of amides is 1. The summed E-state index contributed by atoms with van der Waals surface area (Å²) in [5, 5.41) is 2.59. The number of nitrogens with one attached hydrogen (secondary N) is 1. The van der Waals surface area contributed by atoms with Crippen molar-refractivity contribution in [3.05, 3.63) is 36.9 Å². The molecule has 0 aliphatic rings. The quantitative estimate of drug-likeness (QED) is 0.496. The fourth-order valence-corrected chi connectivity index (χ4v) is 1.71. The smallest absolute Gasteiger partial charge is 0.412 e. The molecule has 1 amide bonds. The number of thioether (sulfide) groups is 1. The Morgan fingerprint density at radius 2 is 2.05 bits per heavy atom. The Morgan fingerprint density at radius 1 is 1.40 bits per heavy atom. The van der Waals surface area contributed by atoms with Gasteiger partial charge in [0.25, 0.3) is 0 Å². The summed E-state index contributed by atoms with van der Waals surface area (Å²) in [7, 11) is 0. The first-order valence-corrected chi connectivity index (χ1v) is 7.18. The number of hydrogen-bond donors (Lipinski definition) is 1. The standard InChI is InChI=1S/C14H17NO4S/c1-4-13(16)18-9-10(2)19-14(17)15-11-5-7-12(20-3)8-6-11/h4-8,10H,1,9H2,2-3H3,(H,15,17). The van der Waals surface area contributed by atoms with Crippen molar-refractivity contribution < 1.29 is 19.1 Å². The van der Waals surface area contributed by atoms with E-state index in [-0.39, 0.29) is 6.61 Å². The van der Waals surface area contributed by atoms with E-state index in [0.717, 1.165) is 11.0 Å². The summed E-state index contributed by atoms with van der Waals surface area (Å²) in [4.78, 5) is 23.6. The number of carbonyl (C=O) groups is 2. The highest BCUT2D eigenvalue weighted by atomic mass is 32.2. The summed E-state index contributed by atoms with van der Waals surface area (Å²) in [6.07, 6.45) is 1.90. The molecule has 6 heteroatoms. The predicted octanol–water partition coefficient (Wildman–Crippen LogP) is 3.07. The highest BCUT2D eigenvalue weighted by Gasteiger charge is 2.11. The lowest BCUT2D eigenvalue weighted by molar-refractivity contribution is -0.140. The minimum Gasteiger partial charge on any atom is -0.459 e. The summed E-state index contributed by atoms with van der Waals surface area (Å²) in [5.41, 5.74) is 0.642.